The molecule has 0 unspecified atom stereocenters. The Hall–Kier alpha value is -1.26. The van der Waals surface area contributed by atoms with Crippen molar-refractivity contribution in [3.63, 3.8) is 0 Å². The molecule has 110 valence electrons. The van der Waals surface area contributed by atoms with Crippen LogP contribution in [0.4, 0.5) is 5.69 Å². The van der Waals surface area contributed by atoms with Crippen LogP contribution in [0, 0.1) is 5.92 Å². The summed E-state index contributed by atoms with van der Waals surface area (Å²) in [7, 11) is 3.98. The number of carbonyl (C=O) groups excluding carboxylic acids is 1. The van der Waals surface area contributed by atoms with E-state index < -0.39 is 0 Å². The molecule has 1 aromatic carbocycles. The highest BCUT2D eigenvalue weighted by Gasteiger charge is 2.21. The molecule has 0 aliphatic carbocycles. The Morgan fingerprint density at radius 3 is 2.70 bits per heavy atom. The summed E-state index contributed by atoms with van der Waals surface area (Å²) in [6.07, 6.45) is 2.29. The van der Waals surface area contributed by atoms with Gasteiger partial charge in [-0.1, -0.05) is 11.6 Å². The molecule has 0 radical (unpaired) electrons. The molecule has 1 heterocycles. The number of benzene rings is 1. The molecule has 0 spiro atoms. The predicted molar refractivity (Wildman–Crippen MR) is 83.0 cm³/mol. The Labute approximate surface area is 125 Å². The lowest BCUT2D eigenvalue weighted by atomic mass is 9.96. The van der Waals surface area contributed by atoms with Crippen LogP contribution in [0.25, 0.3) is 0 Å². The first-order valence-corrected chi connectivity index (χ1v) is 7.34. The molecule has 4 nitrogen and oxygen atoms in total. The molecule has 1 saturated heterocycles. The number of anilines is 1. The van der Waals surface area contributed by atoms with Gasteiger partial charge >= 0.3 is 0 Å². The van der Waals surface area contributed by atoms with Crippen molar-refractivity contribution in [2.45, 2.75) is 12.8 Å². The third kappa shape index (κ3) is 3.64. The number of nitrogen functional groups attached to an aromatic ring is 1. The molecule has 1 aliphatic heterocycles. The Balaban J connectivity index is 1.98. The highest BCUT2D eigenvalue weighted by Crippen LogP contribution is 2.21. The summed E-state index contributed by atoms with van der Waals surface area (Å²) in [5.41, 5.74) is 6.85. The summed E-state index contributed by atoms with van der Waals surface area (Å²) in [5, 5.41) is 0.553. The molecule has 0 atom stereocenters. The van der Waals surface area contributed by atoms with Crippen LogP contribution < -0.4 is 5.73 Å². The second kappa shape index (κ2) is 6.46. The van der Waals surface area contributed by atoms with E-state index in [1.54, 1.807) is 23.1 Å². The molecule has 1 amide bonds. The van der Waals surface area contributed by atoms with Gasteiger partial charge in [-0.05, 0) is 57.1 Å². The maximum atomic E-state index is 12.4. The Morgan fingerprint density at radius 1 is 1.45 bits per heavy atom. The first-order chi connectivity index (χ1) is 9.47. The number of amides is 1. The monoisotopic (exact) mass is 295 g/mol. The second-order valence-electron chi connectivity index (χ2n) is 5.66. The van der Waals surface area contributed by atoms with E-state index in [1.165, 1.54) is 0 Å². The van der Waals surface area contributed by atoms with Crippen LogP contribution in [0.1, 0.15) is 23.2 Å². The Bertz CT molecular complexity index is 484. The fraction of sp³-hybridized carbons (Fsp3) is 0.533. The predicted octanol–water partition coefficient (Wildman–Crippen LogP) is 2.34. The highest BCUT2D eigenvalue weighted by molar-refractivity contribution is 6.31. The number of nitrogens with two attached hydrogens (primary N) is 1. The van der Waals surface area contributed by atoms with Crippen molar-refractivity contribution in [2.24, 2.45) is 5.92 Å². The number of likely N-dealkylation sites (tertiary alicyclic amines) is 1. The second-order valence-corrected chi connectivity index (χ2v) is 6.10. The summed E-state index contributed by atoms with van der Waals surface area (Å²) in [6, 6.07) is 5.03. The Morgan fingerprint density at radius 2 is 2.10 bits per heavy atom. The van der Waals surface area contributed by atoms with Gasteiger partial charge in [-0.3, -0.25) is 4.79 Å². The SMILES string of the molecule is CN1CCC(CN(C)C(=O)c2ccc(Cl)cc2N)CC1. The fourth-order valence-electron chi connectivity index (χ4n) is 2.65. The van der Waals surface area contributed by atoms with Gasteiger partial charge in [0.25, 0.3) is 5.91 Å². The largest absolute Gasteiger partial charge is 0.398 e. The van der Waals surface area contributed by atoms with Crippen LogP contribution in [-0.4, -0.2) is 49.4 Å². The lowest BCUT2D eigenvalue weighted by Crippen LogP contribution is -2.38. The van der Waals surface area contributed by atoms with Crippen LogP contribution in [0.15, 0.2) is 18.2 Å². The van der Waals surface area contributed by atoms with E-state index in [9.17, 15) is 4.79 Å². The third-order valence-electron chi connectivity index (χ3n) is 3.96. The number of nitrogens with zero attached hydrogens (tertiary/aromatic N) is 2. The average Bonchev–Trinajstić information content (AvgIpc) is 2.40. The number of rotatable bonds is 3. The molecular formula is C15H22ClN3O. The standard InChI is InChI=1S/C15H22ClN3O/c1-18-7-5-11(6-8-18)10-19(2)15(20)13-4-3-12(16)9-14(13)17/h3-4,9,11H,5-8,10,17H2,1-2H3. The number of halogens is 1. The smallest absolute Gasteiger partial charge is 0.255 e. The summed E-state index contributed by atoms with van der Waals surface area (Å²) in [4.78, 5) is 16.5. The van der Waals surface area contributed by atoms with Gasteiger partial charge in [-0.2, -0.15) is 0 Å². The quantitative estimate of drug-likeness (QED) is 0.871. The number of carbonyl (C=O) groups is 1. The van der Waals surface area contributed by atoms with E-state index >= 15 is 0 Å². The van der Waals surface area contributed by atoms with Crippen molar-refractivity contribution < 1.29 is 4.79 Å². The zero-order chi connectivity index (χ0) is 14.7. The van der Waals surface area contributed by atoms with Gasteiger partial charge in [0.05, 0.1) is 5.56 Å². The van der Waals surface area contributed by atoms with E-state index in [2.05, 4.69) is 11.9 Å². The van der Waals surface area contributed by atoms with E-state index in [0.717, 1.165) is 32.5 Å². The molecule has 20 heavy (non-hydrogen) atoms. The van der Waals surface area contributed by atoms with Gasteiger partial charge in [0.2, 0.25) is 0 Å². The van der Waals surface area contributed by atoms with Crippen LogP contribution >= 0.6 is 11.6 Å². The van der Waals surface area contributed by atoms with Crippen LogP contribution in [0.2, 0.25) is 5.02 Å². The molecule has 0 aromatic heterocycles. The minimum Gasteiger partial charge on any atom is -0.398 e. The highest BCUT2D eigenvalue weighted by atomic mass is 35.5. The molecular weight excluding hydrogens is 274 g/mol. The fourth-order valence-corrected chi connectivity index (χ4v) is 2.83. The molecule has 0 saturated carbocycles. The summed E-state index contributed by atoms with van der Waals surface area (Å²) >= 11 is 5.86. The minimum atomic E-state index is -0.0295. The molecule has 2 N–H and O–H groups in total. The summed E-state index contributed by atoms with van der Waals surface area (Å²) in [6.45, 7) is 3.00. The molecule has 0 bridgehead atoms. The first kappa shape index (κ1) is 15.1. The third-order valence-corrected chi connectivity index (χ3v) is 4.20. The van der Waals surface area contributed by atoms with Crippen molar-refractivity contribution in [1.29, 1.82) is 0 Å². The average molecular weight is 296 g/mol. The number of hydrogen-bond donors (Lipinski definition) is 1. The van der Waals surface area contributed by atoms with Crippen molar-refractivity contribution in [2.75, 3.05) is 39.5 Å². The van der Waals surface area contributed by atoms with Gasteiger partial charge in [0.15, 0.2) is 0 Å². The number of hydrogen-bond acceptors (Lipinski definition) is 3. The van der Waals surface area contributed by atoms with Crippen LogP contribution in [0.5, 0.6) is 0 Å². The normalized spacial score (nSPS) is 17.1. The lowest BCUT2D eigenvalue weighted by molar-refractivity contribution is 0.0748. The lowest BCUT2D eigenvalue weighted by Gasteiger charge is -2.31. The first-order valence-electron chi connectivity index (χ1n) is 6.96. The molecule has 2 rings (SSSR count). The summed E-state index contributed by atoms with van der Waals surface area (Å²) < 4.78 is 0. The summed E-state index contributed by atoms with van der Waals surface area (Å²) in [5.74, 6) is 0.548. The van der Waals surface area contributed by atoms with Crippen molar-refractivity contribution in [3.8, 4) is 0 Å². The van der Waals surface area contributed by atoms with Gasteiger partial charge in [0, 0.05) is 24.3 Å². The van der Waals surface area contributed by atoms with Crippen LogP contribution in [0.3, 0.4) is 0 Å². The minimum absolute atomic E-state index is 0.0295. The topological polar surface area (TPSA) is 49.6 Å². The molecule has 1 fully saturated rings. The maximum Gasteiger partial charge on any atom is 0.255 e. The number of piperidine rings is 1. The van der Waals surface area contributed by atoms with Gasteiger partial charge < -0.3 is 15.5 Å². The van der Waals surface area contributed by atoms with Gasteiger partial charge in [-0.25, -0.2) is 0 Å². The van der Waals surface area contributed by atoms with Crippen molar-refractivity contribution in [1.82, 2.24) is 9.80 Å². The van der Waals surface area contributed by atoms with Crippen LogP contribution in [-0.2, 0) is 0 Å². The maximum absolute atomic E-state index is 12.4. The van der Waals surface area contributed by atoms with E-state index in [-0.39, 0.29) is 5.91 Å². The van der Waals surface area contributed by atoms with Crippen molar-refractivity contribution in [3.05, 3.63) is 28.8 Å². The van der Waals surface area contributed by atoms with Crippen molar-refractivity contribution >= 4 is 23.2 Å². The zero-order valence-electron chi connectivity index (χ0n) is 12.1. The van der Waals surface area contributed by atoms with E-state index in [1.807, 2.05) is 7.05 Å². The van der Waals surface area contributed by atoms with E-state index in [0.29, 0.717) is 22.2 Å². The van der Waals surface area contributed by atoms with Gasteiger partial charge in [0.1, 0.15) is 0 Å². The zero-order valence-corrected chi connectivity index (χ0v) is 12.9. The van der Waals surface area contributed by atoms with E-state index in [4.69, 9.17) is 17.3 Å². The molecule has 1 aliphatic rings. The molecule has 1 aromatic rings. The molecule has 5 heteroatoms. The Kier molecular flexibility index (Phi) is 4.89. The van der Waals surface area contributed by atoms with Gasteiger partial charge in [-0.15, -0.1) is 0 Å².